The van der Waals surface area contributed by atoms with Gasteiger partial charge < -0.3 is 10.2 Å². The Balaban J connectivity index is 1.81. The fraction of sp³-hybridized carbons (Fsp3) is 0.250. The van der Waals surface area contributed by atoms with Crippen LogP contribution in [0.15, 0.2) is 41.8 Å². The normalized spacial score (nSPS) is 10.8. The van der Waals surface area contributed by atoms with E-state index in [1.807, 2.05) is 37.2 Å². The number of nitrogens with zero attached hydrogens (tertiary/aromatic N) is 3. The van der Waals surface area contributed by atoms with Gasteiger partial charge in [-0.3, -0.25) is 0 Å². The van der Waals surface area contributed by atoms with Gasteiger partial charge in [-0.1, -0.05) is 18.2 Å². The summed E-state index contributed by atoms with van der Waals surface area (Å²) in [6.45, 7) is 0.839. The fourth-order valence-electron chi connectivity index (χ4n) is 2.23. The van der Waals surface area contributed by atoms with E-state index in [1.165, 1.54) is 4.88 Å². The number of anilines is 2. The molecule has 0 amide bonds. The van der Waals surface area contributed by atoms with Crippen LogP contribution in [0.5, 0.6) is 0 Å². The first-order chi connectivity index (χ1) is 10.2. The third-order valence-electron chi connectivity index (χ3n) is 3.24. The number of rotatable bonds is 5. The van der Waals surface area contributed by atoms with E-state index in [0.717, 1.165) is 29.7 Å². The maximum Gasteiger partial charge on any atom is 0.225 e. The Hall–Kier alpha value is -2.14. The molecular formula is C16H18N4S. The summed E-state index contributed by atoms with van der Waals surface area (Å²) in [6, 6.07) is 12.3. The second kappa shape index (κ2) is 6.10. The maximum absolute atomic E-state index is 4.63. The maximum atomic E-state index is 4.63. The third-order valence-corrected chi connectivity index (χ3v) is 4.18. The Morgan fingerprint density at radius 3 is 2.71 bits per heavy atom. The molecule has 3 aromatic rings. The summed E-state index contributed by atoms with van der Waals surface area (Å²) >= 11 is 1.78. The minimum atomic E-state index is 0.689. The van der Waals surface area contributed by atoms with Crippen molar-refractivity contribution in [2.24, 2.45) is 0 Å². The molecule has 0 atom stereocenters. The molecule has 0 saturated carbocycles. The van der Waals surface area contributed by atoms with Crippen LogP contribution >= 0.6 is 11.3 Å². The number of fused-ring (bicyclic) bond motifs is 1. The van der Waals surface area contributed by atoms with Gasteiger partial charge in [0.05, 0.1) is 5.52 Å². The molecule has 2 heterocycles. The number of para-hydroxylation sites is 1. The van der Waals surface area contributed by atoms with Crippen LogP contribution in [0.3, 0.4) is 0 Å². The van der Waals surface area contributed by atoms with Gasteiger partial charge in [0.2, 0.25) is 5.95 Å². The molecular weight excluding hydrogens is 280 g/mol. The van der Waals surface area contributed by atoms with Crippen molar-refractivity contribution in [3.05, 3.63) is 46.7 Å². The highest BCUT2D eigenvalue weighted by molar-refractivity contribution is 7.09. The van der Waals surface area contributed by atoms with Crippen molar-refractivity contribution >= 4 is 34.0 Å². The third kappa shape index (κ3) is 3.13. The van der Waals surface area contributed by atoms with Gasteiger partial charge in [-0.25, -0.2) is 4.98 Å². The highest BCUT2D eigenvalue weighted by Gasteiger charge is 2.08. The summed E-state index contributed by atoms with van der Waals surface area (Å²) in [5.74, 6) is 1.63. The van der Waals surface area contributed by atoms with Crippen molar-refractivity contribution in [3.8, 4) is 0 Å². The quantitative estimate of drug-likeness (QED) is 0.783. The SMILES string of the molecule is CN(C)c1nc(NCCc2cccs2)nc2ccccc12. The molecule has 2 aromatic heterocycles. The Kier molecular flexibility index (Phi) is 4.01. The molecule has 0 spiro atoms. The highest BCUT2D eigenvalue weighted by atomic mass is 32.1. The minimum Gasteiger partial charge on any atom is -0.362 e. The van der Waals surface area contributed by atoms with Crippen molar-refractivity contribution < 1.29 is 0 Å². The predicted molar refractivity (Wildman–Crippen MR) is 90.4 cm³/mol. The standard InChI is InChI=1S/C16H18N4S/c1-20(2)15-13-7-3-4-8-14(13)18-16(19-15)17-10-9-12-6-5-11-21-12/h3-8,11H,9-10H2,1-2H3,(H,17,18,19). The van der Waals surface area contributed by atoms with E-state index in [0.29, 0.717) is 5.95 Å². The Bertz CT molecular complexity index is 722. The first kappa shape index (κ1) is 13.8. The summed E-state index contributed by atoms with van der Waals surface area (Å²) in [5.41, 5.74) is 0.967. The summed E-state index contributed by atoms with van der Waals surface area (Å²) < 4.78 is 0. The molecule has 4 nitrogen and oxygen atoms in total. The van der Waals surface area contributed by atoms with Gasteiger partial charge in [-0.15, -0.1) is 11.3 Å². The lowest BCUT2D eigenvalue weighted by molar-refractivity contribution is 0.993. The van der Waals surface area contributed by atoms with Crippen LogP contribution in [0, 0.1) is 0 Å². The van der Waals surface area contributed by atoms with Gasteiger partial charge in [-0.05, 0) is 30.0 Å². The number of thiophene rings is 1. The van der Waals surface area contributed by atoms with Crippen LogP contribution in [0.4, 0.5) is 11.8 Å². The number of aromatic nitrogens is 2. The molecule has 108 valence electrons. The monoisotopic (exact) mass is 298 g/mol. The largest absolute Gasteiger partial charge is 0.362 e. The molecule has 0 unspecified atom stereocenters. The first-order valence-corrected chi connectivity index (χ1v) is 7.82. The lowest BCUT2D eigenvalue weighted by Gasteiger charge is -2.15. The second-order valence-corrected chi connectivity index (χ2v) is 6.07. The topological polar surface area (TPSA) is 41.1 Å². The number of hydrogen-bond acceptors (Lipinski definition) is 5. The molecule has 0 aliphatic rings. The average molecular weight is 298 g/mol. The van der Waals surface area contributed by atoms with E-state index in [2.05, 4.69) is 38.9 Å². The zero-order chi connectivity index (χ0) is 14.7. The Morgan fingerprint density at radius 1 is 1.10 bits per heavy atom. The van der Waals surface area contributed by atoms with Crippen LogP contribution in [0.2, 0.25) is 0 Å². The van der Waals surface area contributed by atoms with E-state index in [4.69, 9.17) is 0 Å². The summed E-state index contributed by atoms with van der Waals surface area (Å²) in [5, 5.41) is 6.51. The molecule has 0 radical (unpaired) electrons. The minimum absolute atomic E-state index is 0.689. The van der Waals surface area contributed by atoms with Gasteiger partial charge in [0, 0.05) is 30.9 Å². The van der Waals surface area contributed by atoms with E-state index in [1.54, 1.807) is 11.3 Å². The highest BCUT2D eigenvalue weighted by Crippen LogP contribution is 2.23. The van der Waals surface area contributed by atoms with Gasteiger partial charge in [0.25, 0.3) is 0 Å². The summed E-state index contributed by atoms with van der Waals surface area (Å²) in [6.07, 6.45) is 0.991. The Morgan fingerprint density at radius 2 is 1.95 bits per heavy atom. The summed E-state index contributed by atoms with van der Waals surface area (Å²) in [4.78, 5) is 12.6. The van der Waals surface area contributed by atoms with Crippen LogP contribution in [0.25, 0.3) is 10.9 Å². The molecule has 0 aliphatic heterocycles. The number of nitrogens with one attached hydrogen (secondary N) is 1. The van der Waals surface area contributed by atoms with E-state index < -0.39 is 0 Å². The van der Waals surface area contributed by atoms with Crippen molar-refractivity contribution in [3.63, 3.8) is 0 Å². The average Bonchev–Trinajstić information content (AvgIpc) is 2.99. The molecule has 0 saturated heterocycles. The van der Waals surface area contributed by atoms with E-state index in [9.17, 15) is 0 Å². The lowest BCUT2D eigenvalue weighted by atomic mass is 10.2. The molecule has 0 fully saturated rings. The van der Waals surface area contributed by atoms with Gasteiger partial charge in [-0.2, -0.15) is 4.98 Å². The van der Waals surface area contributed by atoms with E-state index in [-0.39, 0.29) is 0 Å². The van der Waals surface area contributed by atoms with Gasteiger partial charge in [0.15, 0.2) is 0 Å². The molecule has 21 heavy (non-hydrogen) atoms. The van der Waals surface area contributed by atoms with Crippen molar-refractivity contribution in [1.29, 1.82) is 0 Å². The Labute approximate surface area is 128 Å². The first-order valence-electron chi connectivity index (χ1n) is 6.94. The van der Waals surface area contributed by atoms with E-state index >= 15 is 0 Å². The molecule has 1 aromatic carbocycles. The van der Waals surface area contributed by atoms with Crippen molar-refractivity contribution in [2.45, 2.75) is 6.42 Å². The smallest absolute Gasteiger partial charge is 0.225 e. The number of hydrogen-bond donors (Lipinski definition) is 1. The van der Waals surface area contributed by atoms with Crippen LogP contribution in [-0.4, -0.2) is 30.6 Å². The van der Waals surface area contributed by atoms with Crippen LogP contribution in [-0.2, 0) is 6.42 Å². The van der Waals surface area contributed by atoms with Crippen LogP contribution in [0.1, 0.15) is 4.88 Å². The molecule has 0 bridgehead atoms. The van der Waals surface area contributed by atoms with Crippen LogP contribution < -0.4 is 10.2 Å². The predicted octanol–water partition coefficient (Wildman–Crippen LogP) is 3.41. The summed E-state index contributed by atoms with van der Waals surface area (Å²) in [7, 11) is 4.01. The number of benzene rings is 1. The lowest BCUT2D eigenvalue weighted by Crippen LogP contribution is -2.14. The second-order valence-electron chi connectivity index (χ2n) is 5.04. The van der Waals surface area contributed by atoms with Gasteiger partial charge in [0.1, 0.15) is 5.82 Å². The molecule has 3 rings (SSSR count). The zero-order valence-electron chi connectivity index (χ0n) is 12.2. The van der Waals surface area contributed by atoms with Crippen molar-refractivity contribution in [1.82, 2.24) is 9.97 Å². The zero-order valence-corrected chi connectivity index (χ0v) is 13.0. The molecule has 0 aliphatic carbocycles. The van der Waals surface area contributed by atoms with Crippen molar-refractivity contribution in [2.75, 3.05) is 30.9 Å². The molecule has 5 heteroatoms. The fourth-order valence-corrected chi connectivity index (χ4v) is 2.94. The van der Waals surface area contributed by atoms with Gasteiger partial charge >= 0.3 is 0 Å². The molecule has 1 N–H and O–H groups in total.